The third kappa shape index (κ3) is 4.21. The number of benzene rings is 2. The molecule has 2 aromatic carbocycles. The number of aryl methyl sites for hydroxylation is 1. The monoisotopic (exact) mass is 397 g/mol. The summed E-state index contributed by atoms with van der Waals surface area (Å²) in [6.45, 7) is 2.56. The number of hydrogen-bond acceptors (Lipinski definition) is 5. The molecule has 1 heterocycles. The van der Waals surface area contributed by atoms with E-state index in [1.54, 1.807) is 6.92 Å². The third-order valence-corrected chi connectivity index (χ3v) is 5.94. The van der Waals surface area contributed by atoms with Crippen molar-refractivity contribution >= 4 is 28.1 Å². The molecule has 2 aromatic rings. The quantitative estimate of drug-likeness (QED) is 0.596. The van der Waals surface area contributed by atoms with Crippen LogP contribution in [0.3, 0.4) is 0 Å². The zero-order valence-electron chi connectivity index (χ0n) is 14.1. The molecule has 1 aliphatic rings. The van der Waals surface area contributed by atoms with Gasteiger partial charge in [0.05, 0.1) is 9.82 Å². The molecule has 0 aromatic heterocycles. The van der Waals surface area contributed by atoms with Crippen LogP contribution in [0, 0.1) is 17.0 Å². The van der Waals surface area contributed by atoms with Crippen molar-refractivity contribution in [3.8, 4) is 0 Å². The summed E-state index contributed by atoms with van der Waals surface area (Å²) in [5.41, 5.74) is 2.53. The molecule has 0 saturated heterocycles. The molecule has 0 spiro atoms. The van der Waals surface area contributed by atoms with E-state index >= 15 is 0 Å². The van der Waals surface area contributed by atoms with Crippen LogP contribution in [0.5, 0.6) is 0 Å². The number of nitrogens with one attached hydrogen (secondary N) is 2. The first kappa shape index (κ1) is 20.3. The standard InChI is InChI=1S/C17H19N3O4S.ClH/c1-12-10-14(20(21)22)6-7-17(12)25(23,24)19-11-16-15-5-3-2-4-13(15)8-9-18-16;/h2-7,10,16,18-19H,8-9,11H2,1H3;1H. The Bertz CT molecular complexity index is 918. The van der Waals surface area contributed by atoms with E-state index in [1.165, 1.54) is 23.8 Å². The summed E-state index contributed by atoms with van der Waals surface area (Å²) in [5.74, 6) is 0. The number of nitro groups is 1. The Labute approximate surface area is 158 Å². The Morgan fingerprint density at radius 1 is 1.27 bits per heavy atom. The predicted molar refractivity (Wildman–Crippen MR) is 101 cm³/mol. The molecule has 7 nitrogen and oxygen atoms in total. The van der Waals surface area contributed by atoms with Crippen molar-refractivity contribution in [2.24, 2.45) is 0 Å². The van der Waals surface area contributed by atoms with Gasteiger partial charge in [-0.1, -0.05) is 24.3 Å². The van der Waals surface area contributed by atoms with Crippen molar-refractivity contribution < 1.29 is 13.3 Å². The molecule has 1 aliphatic heterocycles. The van der Waals surface area contributed by atoms with Crippen molar-refractivity contribution in [2.45, 2.75) is 24.3 Å². The number of sulfonamides is 1. The Morgan fingerprint density at radius 2 is 2.00 bits per heavy atom. The maximum absolute atomic E-state index is 12.6. The number of nitro benzene ring substituents is 1. The second-order valence-corrected chi connectivity index (χ2v) is 7.75. The van der Waals surface area contributed by atoms with Crippen molar-refractivity contribution in [3.63, 3.8) is 0 Å². The van der Waals surface area contributed by atoms with E-state index in [0.29, 0.717) is 5.56 Å². The van der Waals surface area contributed by atoms with E-state index in [4.69, 9.17) is 0 Å². The fourth-order valence-electron chi connectivity index (χ4n) is 3.09. The van der Waals surface area contributed by atoms with Crippen LogP contribution >= 0.6 is 12.4 Å². The molecule has 0 radical (unpaired) electrons. The first-order valence-corrected chi connectivity index (χ1v) is 9.43. The number of hydrogen-bond donors (Lipinski definition) is 2. The largest absolute Gasteiger partial charge is 0.308 e. The summed E-state index contributed by atoms with van der Waals surface area (Å²) < 4.78 is 27.8. The van der Waals surface area contributed by atoms with Gasteiger partial charge in [-0.15, -0.1) is 12.4 Å². The maximum Gasteiger partial charge on any atom is 0.269 e. The van der Waals surface area contributed by atoms with Crippen LogP contribution in [0.25, 0.3) is 0 Å². The molecule has 3 rings (SSSR count). The Kier molecular flexibility index (Phi) is 6.35. The molecule has 0 saturated carbocycles. The minimum atomic E-state index is -3.75. The lowest BCUT2D eigenvalue weighted by Crippen LogP contribution is -2.38. The van der Waals surface area contributed by atoms with Gasteiger partial charge in [0.15, 0.2) is 0 Å². The lowest BCUT2D eigenvalue weighted by Gasteiger charge is -2.27. The van der Waals surface area contributed by atoms with E-state index < -0.39 is 14.9 Å². The molecule has 9 heteroatoms. The van der Waals surface area contributed by atoms with Crippen molar-refractivity contribution in [1.29, 1.82) is 0 Å². The first-order valence-electron chi connectivity index (χ1n) is 7.94. The van der Waals surface area contributed by atoms with Gasteiger partial charge >= 0.3 is 0 Å². The average Bonchev–Trinajstić information content (AvgIpc) is 2.59. The molecule has 0 fully saturated rings. The summed E-state index contributed by atoms with van der Waals surface area (Å²) in [6.07, 6.45) is 0.918. The molecule has 140 valence electrons. The molecule has 26 heavy (non-hydrogen) atoms. The Morgan fingerprint density at radius 3 is 2.69 bits per heavy atom. The summed E-state index contributed by atoms with van der Waals surface area (Å²) in [5, 5.41) is 14.1. The third-order valence-electron chi connectivity index (χ3n) is 4.35. The van der Waals surface area contributed by atoms with Crippen molar-refractivity contribution in [2.75, 3.05) is 13.1 Å². The molecule has 1 unspecified atom stereocenters. The molecule has 0 bridgehead atoms. The van der Waals surface area contributed by atoms with Crippen LogP contribution in [-0.2, 0) is 16.4 Å². The SMILES string of the molecule is Cc1cc([N+](=O)[O-])ccc1S(=O)(=O)NCC1NCCc2ccccc21.Cl. The van der Waals surface area contributed by atoms with E-state index in [9.17, 15) is 18.5 Å². The Balaban J connectivity index is 0.00000243. The average molecular weight is 398 g/mol. The molecule has 2 N–H and O–H groups in total. The van der Waals surface area contributed by atoms with Gasteiger partial charge in [0, 0.05) is 24.7 Å². The highest BCUT2D eigenvalue weighted by atomic mass is 35.5. The maximum atomic E-state index is 12.6. The number of rotatable bonds is 5. The molecule has 0 aliphatic carbocycles. The fraction of sp³-hybridized carbons (Fsp3) is 0.294. The normalized spacial score (nSPS) is 16.4. The molecular formula is C17H20ClN3O4S. The zero-order chi connectivity index (χ0) is 18.0. The Hall–Kier alpha value is -2.00. The van der Waals surface area contributed by atoms with Gasteiger partial charge in [-0.25, -0.2) is 13.1 Å². The topological polar surface area (TPSA) is 101 Å². The second-order valence-electron chi connectivity index (χ2n) is 6.01. The predicted octanol–water partition coefficient (Wildman–Crippen LogP) is 2.49. The summed E-state index contributed by atoms with van der Waals surface area (Å²) in [4.78, 5) is 10.3. The fourth-order valence-corrected chi connectivity index (χ4v) is 4.37. The second kappa shape index (κ2) is 8.13. The highest BCUT2D eigenvalue weighted by molar-refractivity contribution is 7.89. The van der Waals surface area contributed by atoms with Gasteiger partial charge in [-0.3, -0.25) is 10.1 Å². The summed E-state index contributed by atoms with van der Waals surface area (Å²) in [6, 6.07) is 11.6. The van der Waals surface area contributed by atoms with Crippen LogP contribution in [-0.4, -0.2) is 26.4 Å². The smallest absolute Gasteiger partial charge is 0.269 e. The van der Waals surface area contributed by atoms with E-state index in [1.807, 2.05) is 18.2 Å². The van der Waals surface area contributed by atoms with E-state index in [0.717, 1.165) is 18.5 Å². The highest BCUT2D eigenvalue weighted by Crippen LogP contribution is 2.24. The molecule has 0 amide bonds. The molecule has 1 atom stereocenters. The number of fused-ring (bicyclic) bond motifs is 1. The van der Waals surface area contributed by atoms with Crippen LogP contribution in [0.4, 0.5) is 5.69 Å². The lowest BCUT2D eigenvalue weighted by molar-refractivity contribution is -0.385. The molecular weight excluding hydrogens is 378 g/mol. The minimum absolute atomic E-state index is 0. The van der Waals surface area contributed by atoms with Crippen molar-refractivity contribution in [3.05, 3.63) is 69.3 Å². The van der Waals surface area contributed by atoms with Gasteiger partial charge in [0.1, 0.15) is 0 Å². The van der Waals surface area contributed by atoms with Gasteiger partial charge < -0.3 is 5.32 Å². The zero-order valence-corrected chi connectivity index (χ0v) is 15.8. The van der Waals surface area contributed by atoms with E-state index in [2.05, 4.69) is 16.1 Å². The summed E-state index contributed by atoms with van der Waals surface area (Å²) in [7, 11) is -3.75. The minimum Gasteiger partial charge on any atom is -0.308 e. The van der Waals surface area contributed by atoms with Crippen LogP contribution in [0.2, 0.25) is 0 Å². The van der Waals surface area contributed by atoms with Crippen molar-refractivity contribution in [1.82, 2.24) is 10.0 Å². The van der Waals surface area contributed by atoms with Gasteiger partial charge in [0.2, 0.25) is 10.0 Å². The highest BCUT2D eigenvalue weighted by Gasteiger charge is 2.23. The van der Waals surface area contributed by atoms with Gasteiger partial charge in [-0.05, 0) is 42.6 Å². The lowest BCUT2D eigenvalue weighted by atomic mass is 9.95. The number of non-ortho nitro benzene ring substituents is 1. The van der Waals surface area contributed by atoms with Crippen LogP contribution in [0.1, 0.15) is 22.7 Å². The first-order chi connectivity index (χ1) is 11.9. The number of halogens is 1. The summed E-state index contributed by atoms with van der Waals surface area (Å²) >= 11 is 0. The number of nitrogens with zero attached hydrogens (tertiary/aromatic N) is 1. The van der Waals surface area contributed by atoms with Gasteiger partial charge in [0.25, 0.3) is 5.69 Å². The van der Waals surface area contributed by atoms with Crippen LogP contribution < -0.4 is 10.0 Å². The van der Waals surface area contributed by atoms with Gasteiger partial charge in [-0.2, -0.15) is 0 Å². The van der Waals surface area contributed by atoms with Crippen LogP contribution in [0.15, 0.2) is 47.4 Å². The van der Waals surface area contributed by atoms with E-state index in [-0.39, 0.29) is 35.6 Å².